The molecule has 0 amide bonds. The van der Waals surface area contributed by atoms with E-state index in [2.05, 4.69) is 11.1 Å². The van der Waals surface area contributed by atoms with Gasteiger partial charge in [-0.15, -0.1) is 0 Å². The van der Waals surface area contributed by atoms with E-state index in [-0.39, 0.29) is 12.5 Å². The molecule has 0 aliphatic heterocycles. The molecule has 0 aliphatic carbocycles. The van der Waals surface area contributed by atoms with Crippen LogP contribution in [0.25, 0.3) is 0 Å². The molecule has 1 N–H and O–H groups in total. The van der Waals surface area contributed by atoms with E-state index in [1.165, 1.54) is 0 Å². The fraction of sp³-hybridized carbons (Fsp3) is 0.200. The number of aliphatic hydroxyl groups excluding tert-OH is 1. The molecule has 4 heteroatoms. The molecular weight excluding hydrogens is 240 g/mol. The predicted octanol–water partition coefficient (Wildman–Crippen LogP) is 2.85. The molecule has 0 saturated heterocycles. The van der Waals surface area contributed by atoms with Crippen LogP contribution in [0.5, 0.6) is 11.6 Å². The number of aromatic nitrogens is 1. The molecule has 0 aliphatic rings. The maximum atomic E-state index is 9.27. The normalized spacial score (nSPS) is 10.0. The summed E-state index contributed by atoms with van der Waals surface area (Å²) in [5.41, 5.74) is 2.69. The zero-order valence-corrected chi connectivity index (χ0v) is 10.8. The lowest BCUT2D eigenvalue weighted by Gasteiger charge is -2.11. The van der Waals surface area contributed by atoms with Gasteiger partial charge < -0.3 is 9.84 Å². The van der Waals surface area contributed by atoms with Gasteiger partial charge in [-0.25, -0.2) is 4.98 Å². The molecule has 96 valence electrons. The van der Waals surface area contributed by atoms with Crippen LogP contribution in [-0.4, -0.2) is 10.1 Å². The first kappa shape index (κ1) is 13.1. The van der Waals surface area contributed by atoms with Crippen LogP contribution in [0.3, 0.4) is 0 Å². The molecule has 19 heavy (non-hydrogen) atoms. The van der Waals surface area contributed by atoms with Crippen LogP contribution in [0.15, 0.2) is 30.3 Å². The van der Waals surface area contributed by atoms with E-state index >= 15 is 0 Å². The Morgan fingerprint density at radius 3 is 2.74 bits per heavy atom. The van der Waals surface area contributed by atoms with E-state index in [0.717, 1.165) is 11.3 Å². The average molecular weight is 254 g/mol. The number of ether oxygens (including phenoxy) is 1. The monoisotopic (exact) mass is 254 g/mol. The molecule has 0 fully saturated rings. The Balaban J connectivity index is 2.47. The average Bonchev–Trinajstić information content (AvgIpc) is 2.39. The topological polar surface area (TPSA) is 66.1 Å². The van der Waals surface area contributed by atoms with Gasteiger partial charge in [0.1, 0.15) is 17.4 Å². The summed E-state index contributed by atoms with van der Waals surface area (Å²) in [4.78, 5) is 4.25. The van der Waals surface area contributed by atoms with Crippen molar-refractivity contribution in [3.8, 4) is 17.7 Å². The molecule has 1 aromatic carbocycles. The Kier molecular flexibility index (Phi) is 3.79. The lowest BCUT2D eigenvalue weighted by atomic mass is 10.1. The van der Waals surface area contributed by atoms with E-state index in [9.17, 15) is 10.4 Å². The molecule has 0 saturated carbocycles. The highest BCUT2D eigenvalue weighted by Crippen LogP contribution is 2.28. The Bertz CT molecular complexity index is 645. The second kappa shape index (κ2) is 5.51. The number of benzene rings is 1. The van der Waals surface area contributed by atoms with Gasteiger partial charge in [-0.2, -0.15) is 5.26 Å². The Hall–Kier alpha value is -2.38. The number of hydrogen-bond donors (Lipinski definition) is 1. The third-order valence-corrected chi connectivity index (χ3v) is 2.77. The molecule has 0 spiro atoms. The highest BCUT2D eigenvalue weighted by atomic mass is 16.5. The van der Waals surface area contributed by atoms with Crippen molar-refractivity contribution in [3.05, 3.63) is 52.7 Å². The van der Waals surface area contributed by atoms with Crippen molar-refractivity contribution in [2.75, 3.05) is 0 Å². The van der Waals surface area contributed by atoms with Gasteiger partial charge in [0.2, 0.25) is 5.88 Å². The standard InChI is InChI=1S/C15H14N2O2/c1-10-7-11(2)17-15(13(10)8-16)19-14-6-4-3-5-12(14)9-18/h3-7,18H,9H2,1-2H3. The molecule has 2 rings (SSSR count). The zero-order valence-electron chi connectivity index (χ0n) is 10.8. The molecule has 0 radical (unpaired) electrons. The number of nitriles is 1. The summed E-state index contributed by atoms with van der Waals surface area (Å²) in [7, 11) is 0. The van der Waals surface area contributed by atoms with E-state index in [0.29, 0.717) is 16.9 Å². The van der Waals surface area contributed by atoms with Crippen molar-refractivity contribution in [2.45, 2.75) is 20.5 Å². The highest BCUT2D eigenvalue weighted by Gasteiger charge is 2.12. The van der Waals surface area contributed by atoms with Crippen molar-refractivity contribution >= 4 is 0 Å². The van der Waals surface area contributed by atoms with Crippen LogP contribution in [0.1, 0.15) is 22.4 Å². The SMILES string of the molecule is Cc1cc(C)c(C#N)c(Oc2ccccc2CO)n1. The number of para-hydroxylation sites is 1. The molecule has 1 heterocycles. The van der Waals surface area contributed by atoms with E-state index < -0.39 is 0 Å². The van der Waals surface area contributed by atoms with Gasteiger partial charge >= 0.3 is 0 Å². The quantitative estimate of drug-likeness (QED) is 0.914. The molecule has 1 aromatic heterocycles. The second-order valence-electron chi connectivity index (χ2n) is 4.24. The van der Waals surface area contributed by atoms with Gasteiger partial charge in [0, 0.05) is 11.3 Å². The maximum Gasteiger partial charge on any atom is 0.237 e. The summed E-state index contributed by atoms with van der Waals surface area (Å²) in [5, 5.41) is 18.4. The first-order valence-electron chi connectivity index (χ1n) is 5.90. The van der Waals surface area contributed by atoms with E-state index in [4.69, 9.17) is 4.74 Å². The number of aliphatic hydroxyl groups is 1. The predicted molar refractivity (Wildman–Crippen MR) is 70.9 cm³/mol. The summed E-state index contributed by atoms with van der Waals surface area (Å²) < 4.78 is 5.69. The van der Waals surface area contributed by atoms with Crippen molar-refractivity contribution in [2.24, 2.45) is 0 Å². The number of hydrogen-bond acceptors (Lipinski definition) is 4. The van der Waals surface area contributed by atoms with Crippen LogP contribution in [0, 0.1) is 25.2 Å². The highest BCUT2D eigenvalue weighted by molar-refractivity contribution is 5.47. The number of pyridine rings is 1. The van der Waals surface area contributed by atoms with E-state index in [1.807, 2.05) is 32.0 Å². The van der Waals surface area contributed by atoms with Gasteiger partial charge in [-0.05, 0) is 31.5 Å². The Labute approximate surface area is 111 Å². The molecule has 4 nitrogen and oxygen atoms in total. The molecule has 0 bridgehead atoms. The van der Waals surface area contributed by atoms with Crippen molar-refractivity contribution < 1.29 is 9.84 Å². The Morgan fingerprint density at radius 1 is 1.32 bits per heavy atom. The third kappa shape index (κ3) is 2.72. The number of aryl methyl sites for hydroxylation is 2. The number of nitrogens with zero attached hydrogens (tertiary/aromatic N) is 2. The Morgan fingerprint density at radius 2 is 2.05 bits per heavy atom. The lowest BCUT2D eigenvalue weighted by Crippen LogP contribution is -1.99. The lowest BCUT2D eigenvalue weighted by molar-refractivity contribution is 0.276. The largest absolute Gasteiger partial charge is 0.437 e. The minimum absolute atomic E-state index is 0.122. The van der Waals surface area contributed by atoms with Crippen molar-refractivity contribution in [1.29, 1.82) is 5.26 Å². The van der Waals surface area contributed by atoms with Gasteiger partial charge in [-0.1, -0.05) is 18.2 Å². The van der Waals surface area contributed by atoms with Gasteiger partial charge in [0.05, 0.1) is 6.61 Å². The fourth-order valence-corrected chi connectivity index (χ4v) is 1.85. The fourth-order valence-electron chi connectivity index (χ4n) is 1.85. The molecule has 2 aromatic rings. The first-order valence-corrected chi connectivity index (χ1v) is 5.90. The van der Waals surface area contributed by atoms with Gasteiger partial charge in [-0.3, -0.25) is 0 Å². The van der Waals surface area contributed by atoms with Crippen LogP contribution < -0.4 is 4.74 Å². The summed E-state index contributed by atoms with van der Waals surface area (Å²) in [6, 6.07) is 11.1. The number of rotatable bonds is 3. The summed E-state index contributed by atoms with van der Waals surface area (Å²) in [5.74, 6) is 0.792. The van der Waals surface area contributed by atoms with E-state index in [1.54, 1.807) is 12.1 Å². The summed E-state index contributed by atoms with van der Waals surface area (Å²) in [6.45, 7) is 3.57. The van der Waals surface area contributed by atoms with Crippen LogP contribution in [0.4, 0.5) is 0 Å². The van der Waals surface area contributed by atoms with Gasteiger partial charge in [0.25, 0.3) is 0 Å². The van der Waals surface area contributed by atoms with Crippen molar-refractivity contribution in [1.82, 2.24) is 4.98 Å². The van der Waals surface area contributed by atoms with Crippen molar-refractivity contribution in [3.63, 3.8) is 0 Å². The van der Waals surface area contributed by atoms with Crippen LogP contribution in [-0.2, 0) is 6.61 Å². The minimum Gasteiger partial charge on any atom is -0.437 e. The smallest absolute Gasteiger partial charge is 0.237 e. The molecule has 0 atom stereocenters. The van der Waals surface area contributed by atoms with Crippen LogP contribution in [0.2, 0.25) is 0 Å². The minimum atomic E-state index is -0.122. The second-order valence-corrected chi connectivity index (χ2v) is 4.24. The maximum absolute atomic E-state index is 9.27. The van der Waals surface area contributed by atoms with Crippen LogP contribution >= 0.6 is 0 Å². The summed E-state index contributed by atoms with van der Waals surface area (Å²) in [6.07, 6.45) is 0. The third-order valence-electron chi connectivity index (χ3n) is 2.77. The molecule has 0 unspecified atom stereocenters. The zero-order chi connectivity index (χ0) is 13.8. The molecular formula is C15H14N2O2. The first-order chi connectivity index (χ1) is 9.15. The summed E-state index contributed by atoms with van der Waals surface area (Å²) >= 11 is 0. The van der Waals surface area contributed by atoms with Gasteiger partial charge in [0.15, 0.2) is 0 Å².